The molecule has 0 amide bonds. The number of hydrogen-bond acceptors (Lipinski definition) is 10. The zero-order valence-corrected chi connectivity index (χ0v) is 26.0. The third kappa shape index (κ3) is 3.76. The minimum atomic E-state index is -2.62. The number of carbonyl (C=O) groups excluding carboxylic acids is 4. The Balaban J connectivity index is 1.91. The lowest BCUT2D eigenvalue weighted by Crippen LogP contribution is -2.75. The van der Waals surface area contributed by atoms with E-state index < -0.39 is 80.4 Å². The lowest BCUT2D eigenvalue weighted by molar-refractivity contribution is -0.310. The molecule has 10 atom stereocenters. The molecular formula is C31H46O10. The number of aliphatic hydroxyl groups excluding tert-OH is 1. The molecule has 0 bridgehead atoms. The number of allylic oxidation sites excluding steroid dienone is 1. The summed E-state index contributed by atoms with van der Waals surface area (Å²) in [6.07, 6.45) is -0.896. The number of rotatable bonds is 4. The van der Waals surface area contributed by atoms with Crippen molar-refractivity contribution >= 4 is 23.5 Å². The largest absolute Gasteiger partial charge is 0.469 e. The van der Waals surface area contributed by atoms with Crippen molar-refractivity contribution in [2.24, 2.45) is 39.4 Å². The van der Waals surface area contributed by atoms with E-state index in [-0.39, 0.29) is 18.6 Å². The van der Waals surface area contributed by atoms with Crippen LogP contribution in [0.4, 0.5) is 0 Å². The van der Waals surface area contributed by atoms with Gasteiger partial charge in [-0.15, -0.1) is 0 Å². The van der Waals surface area contributed by atoms with Gasteiger partial charge in [-0.2, -0.15) is 0 Å². The molecule has 4 fully saturated rings. The molecule has 0 radical (unpaired) electrons. The van der Waals surface area contributed by atoms with Gasteiger partial charge in [-0.05, 0) is 51.9 Å². The second-order valence-corrected chi connectivity index (χ2v) is 14.1. The molecule has 10 nitrogen and oxygen atoms in total. The predicted molar refractivity (Wildman–Crippen MR) is 146 cm³/mol. The van der Waals surface area contributed by atoms with Crippen LogP contribution in [0.15, 0.2) is 12.2 Å². The van der Waals surface area contributed by atoms with Crippen molar-refractivity contribution in [2.45, 2.75) is 104 Å². The maximum Gasteiger partial charge on any atom is 0.345 e. The minimum Gasteiger partial charge on any atom is -0.469 e. The van der Waals surface area contributed by atoms with Crippen LogP contribution in [0.3, 0.4) is 0 Å². The molecule has 3 aliphatic carbocycles. The number of ether oxygens (including phenoxy) is 4. The van der Waals surface area contributed by atoms with E-state index >= 15 is 0 Å². The molecule has 1 saturated heterocycles. The lowest BCUT2D eigenvalue weighted by atomic mass is 9.34. The summed E-state index contributed by atoms with van der Waals surface area (Å²) in [5.74, 6) is -7.20. The number of hydrogen-bond donors (Lipinski definition) is 2. The Kier molecular flexibility index (Phi) is 7.31. The molecule has 4 aliphatic rings. The van der Waals surface area contributed by atoms with Gasteiger partial charge in [0.25, 0.3) is 0 Å². The number of ketones is 2. The first-order valence-electron chi connectivity index (χ1n) is 14.3. The van der Waals surface area contributed by atoms with Gasteiger partial charge in [0.15, 0.2) is 17.4 Å². The topological polar surface area (TPSA) is 146 Å². The minimum absolute atomic E-state index is 0.165. The van der Waals surface area contributed by atoms with Crippen LogP contribution in [0.5, 0.6) is 0 Å². The molecule has 41 heavy (non-hydrogen) atoms. The second-order valence-electron chi connectivity index (χ2n) is 14.1. The monoisotopic (exact) mass is 578 g/mol. The van der Waals surface area contributed by atoms with E-state index in [0.29, 0.717) is 18.4 Å². The SMILES string of the molecule is C=C1C[C@H]2[C@]3(C)CCC4(O[C@@H](C)[C@H](C)O4)C(C)(C)[C@H]3C(=O)[C@@H](O)[C@]2(C)[C@@H](C(=O)OC)[C@]1(C)C(=O)[C@](C)(O)C(=O)OC. The molecule has 0 aromatic heterocycles. The Morgan fingerprint density at radius 1 is 1.00 bits per heavy atom. The van der Waals surface area contributed by atoms with Gasteiger partial charge in [0.2, 0.25) is 5.60 Å². The zero-order valence-electron chi connectivity index (χ0n) is 26.0. The van der Waals surface area contributed by atoms with E-state index in [1.165, 1.54) is 6.92 Å². The number of aliphatic hydroxyl groups is 2. The van der Waals surface area contributed by atoms with Crippen molar-refractivity contribution in [3.05, 3.63) is 12.2 Å². The van der Waals surface area contributed by atoms with Gasteiger partial charge in [0, 0.05) is 23.2 Å². The zero-order chi connectivity index (χ0) is 31.3. The van der Waals surface area contributed by atoms with E-state index in [2.05, 4.69) is 11.3 Å². The molecule has 0 aromatic rings. The highest BCUT2D eigenvalue weighted by Crippen LogP contribution is 2.73. The Labute approximate surface area is 242 Å². The van der Waals surface area contributed by atoms with Gasteiger partial charge in [0.1, 0.15) is 6.10 Å². The molecule has 10 heteroatoms. The van der Waals surface area contributed by atoms with Crippen LogP contribution < -0.4 is 0 Å². The van der Waals surface area contributed by atoms with Crippen LogP contribution >= 0.6 is 0 Å². The normalized spacial score (nSPS) is 44.4. The average Bonchev–Trinajstić information content (AvgIpc) is 3.20. The number of esters is 2. The molecule has 1 spiro atoms. The summed E-state index contributed by atoms with van der Waals surface area (Å²) in [4.78, 5) is 54.7. The average molecular weight is 579 g/mol. The quantitative estimate of drug-likeness (QED) is 0.290. The van der Waals surface area contributed by atoms with Gasteiger partial charge in [-0.3, -0.25) is 14.4 Å². The summed E-state index contributed by atoms with van der Waals surface area (Å²) in [5.41, 5.74) is -7.31. The van der Waals surface area contributed by atoms with Crippen molar-refractivity contribution in [1.82, 2.24) is 0 Å². The Bertz CT molecular complexity index is 1180. The van der Waals surface area contributed by atoms with E-state index in [4.69, 9.17) is 14.2 Å². The molecule has 0 aromatic carbocycles. The number of carbonyl (C=O) groups is 4. The van der Waals surface area contributed by atoms with Crippen LogP contribution in [0.1, 0.15) is 74.7 Å². The van der Waals surface area contributed by atoms with E-state index in [0.717, 1.165) is 21.1 Å². The van der Waals surface area contributed by atoms with Gasteiger partial charge < -0.3 is 29.2 Å². The van der Waals surface area contributed by atoms with E-state index in [9.17, 15) is 29.4 Å². The second kappa shape index (κ2) is 9.43. The molecule has 3 saturated carbocycles. The van der Waals surface area contributed by atoms with Crippen LogP contribution in [-0.2, 0) is 38.1 Å². The highest BCUT2D eigenvalue weighted by molar-refractivity contribution is 6.11. The summed E-state index contributed by atoms with van der Waals surface area (Å²) in [6.45, 7) is 18.0. The first-order valence-corrected chi connectivity index (χ1v) is 14.3. The fourth-order valence-corrected chi connectivity index (χ4v) is 9.40. The molecule has 0 unspecified atom stereocenters. The number of fused-ring (bicyclic) bond motifs is 3. The van der Waals surface area contributed by atoms with Crippen molar-refractivity contribution in [3.8, 4) is 0 Å². The lowest BCUT2D eigenvalue weighted by Gasteiger charge is -2.69. The van der Waals surface area contributed by atoms with Gasteiger partial charge in [0.05, 0.1) is 37.8 Å². The highest BCUT2D eigenvalue weighted by atomic mass is 16.8. The van der Waals surface area contributed by atoms with E-state index in [1.54, 1.807) is 6.92 Å². The highest BCUT2D eigenvalue weighted by Gasteiger charge is 2.78. The van der Waals surface area contributed by atoms with Crippen molar-refractivity contribution in [2.75, 3.05) is 14.2 Å². The Morgan fingerprint density at radius 2 is 1.54 bits per heavy atom. The van der Waals surface area contributed by atoms with Crippen molar-refractivity contribution in [1.29, 1.82) is 0 Å². The molecule has 1 heterocycles. The van der Waals surface area contributed by atoms with E-state index in [1.807, 2.05) is 34.6 Å². The Hall–Kier alpha value is -2.14. The van der Waals surface area contributed by atoms with Crippen LogP contribution in [0.25, 0.3) is 0 Å². The van der Waals surface area contributed by atoms with Gasteiger partial charge >= 0.3 is 11.9 Å². The molecule has 4 rings (SSSR count). The third-order valence-electron chi connectivity index (χ3n) is 11.8. The molecule has 230 valence electrons. The fraction of sp³-hybridized carbons (Fsp3) is 0.806. The number of methoxy groups -OCH3 is 2. The smallest absolute Gasteiger partial charge is 0.345 e. The summed E-state index contributed by atoms with van der Waals surface area (Å²) >= 11 is 0. The summed E-state index contributed by atoms with van der Waals surface area (Å²) in [5, 5.41) is 23.0. The Morgan fingerprint density at radius 3 is 2.02 bits per heavy atom. The van der Waals surface area contributed by atoms with Crippen molar-refractivity contribution in [3.63, 3.8) is 0 Å². The first-order chi connectivity index (χ1) is 18.7. The number of Topliss-reactive ketones (excluding diaryl/α,β-unsaturated/α-hetero) is 2. The maximum atomic E-state index is 14.5. The summed E-state index contributed by atoms with van der Waals surface area (Å²) in [6, 6.07) is 0. The van der Waals surface area contributed by atoms with Gasteiger partial charge in [-0.25, -0.2) is 4.79 Å². The standard InChI is InChI=1S/C31H46O10/c1-15-14-18-27(6)12-13-31(40-16(2)17(3)41-31)26(4,5)20(27)19(32)22(33)29(18,8)21(23(34)38-10)28(15,7)24(35)30(9,37)25(36)39-11/h16-18,20-22,33,37H,1,12-14H2,2-11H3/t16-,17-,18-,20+,21-,22+,27-,28+,29-,30-/m0/s1. The van der Waals surface area contributed by atoms with Crippen LogP contribution in [-0.4, -0.2) is 77.6 Å². The molecule has 1 aliphatic heterocycles. The first kappa shape index (κ1) is 31.8. The van der Waals surface area contributed by atoms with Crippen LogP contribution in [0.2, 0.25) is 0 Å². The van der Waals surface area contributed by atoms with Gasteiger partial charge in [-0.1, -0.05) is 39.8 Å². The molecular weight excluding hydrogens is 532 g/mol. The predicted octanol–water partition coefficient (Wildman–Crippen LogP) is 2.76. The molecule has 2 N–H and O–H groups in total. The maximum absolute atomic E-state index is 14.5. The van der Waals surface area contributed by atoms with Crippen molar-refractivity contribution < 1.29 is 48.3 Å². The van der Waals surface area contributed by atoms with Crippen LogP contribution in [0, 0.1) is 39.4 Å². The third-order valence-corrected chi connectivity index (χ3v) is 11.8. The summed E-state index contributed by atoms with van der Waals surface area (Å²) in [7, 11) is 2.20. The fourth-order valence-electron chi connectivity index (χ4n) is 9.40. The summed E-state index contributed by atoms with van der Waals surface area (Å²) < 4.78 is 22.7.